The van der Waals surface area contributed by atoms with Gasteiger partial charge in [0.2, 0.25) is 5.91 Å². The molecule has 3 N–H and O–H groups in total. The predicted octanol–water partition coefficient (Wildman–Crippen LogP) is 1.58. The minimum Gasteiger partial charge on any atom is -0.412 e. The lowest BCUT2D eigenvalue weighted by molar-refractivity contribution is -0.120. The van der Waals surface area contributed by atoms with Crippen LogP contribution in [0.4, 0.5) is 11.4 Å². The van der Waals surface area contributed by atoms with Gasteiger partial charge in [0.05, 0.1) is 6.54 Å². The first-order valence-electron chi connectivity index (χ1n) is 12.0. The molecule has 0 radical (unpaired) electrons. The number of carbonyl (C=O) groups is 1. The highest BCUT2D eigenvalue weighted by Gasteiger charge is 2.43. The number of amides is 1. The molecule has 7 nitrogen and oxygen atoms in total. The first-order valence-corrected chi connectivity index (χ1v) is 12.0. The molecule has 33 heavy (non-hydrogen) atoms. The summed E-state index contributed by atoms with van der Waals surface area (Å²) in [6, 6.07) is 15.3. The number of nitrogens with zero attached hydrogens (tertiary/aromatic N) is 4. The van der Waals surface area contributed by atoms with E-state index in [9.17, 15) is 9.90 Å². The van der Waals surface area contributed by atoms with Gasteiger partial charge in [0.1, 0.15) is 6.23 Å². The molecule has 2 aromatic rings. The molecule has 4 heterocycles. The molecule has 176 valence electrons. The van der Waals surface area contributed by atoms with Crippen molar-refractivity contribution in [1.82, 2.24) is 9.80 Å². The minimum absolute atomic E-state index is 0. The summed E-state index contributed by atoms with van der Waals surface area (Å²) < 4.78 is 0. The molecule has 6 rings (SSSR count). The summed E-state index contributed by atoms with van der Waals surface area (Å²) in [5.41, 5.74) is 6.20. The third-order valence-corrected chi connectivity index (χ3v) is 7.81. The molecule has 2 aromatic carbocycles. The first-order chi connectivity index (χ1) is 15.6. The van der Waals surface area contributed by atoms with E-state index in [0.717, 1.165) is 63.5 Å². The maximum atomic E-state index is 13.4. The van der Waals surface area contributed by atoms with Gasteiger partial charge in [-0.15, -0.1) is 0 Å². The van der Waals surface area contributed by atoms with Crippen molar-refractivity contribution in [2.75, 3.05) is 49.1 Å². The van der Waals surface area contributed by atoms with Gasteiger partial charge >= 0.3 is 0 Å². The highest BCUT2D eigenvalue weighted by atomic mass is 16.3. The molecule has 0 spiro atoms. The maximum absolute atomic E-state index is 13.4. The van der Waals surface area contributed by atoms with Crippen LogP contribution in [0.1, 0.15) is 36.0 Å². The number of hydrogen-bond acceptors (Lipinski definition) is 5. The fourth-order valence-electron chi connectivity index (χ4n) is 6.15. The van der Waals surface area contributed by atoms with Gasteiger partial charge in [-0.25, -0.2) is 0 Å². The Balaban J connectivity index is 0.00000228. The fraction of sp³-hybridized carbons (Fsp3) is 0.500. The largest absolute Gasteiger partial charge is 0.412 e. The Hall–Kier alpha value is -2.45. The van der Waals surface area contributed by atoms with E-state index in [1.165, 1.54) is 16.7 Å². The van der Waals surface area contributed by atoms with Crippen molar-refractivity contribution < 1.29 is 15.4 Å². The van der Waals surface area contributed by atoms with Crippen LogP contribution in [0.15, 0.2) is 42.5 Å². The van der Waals surface area contributed by atoms with Gasteiger partial charge in [0, 0.05) is 69.0 Å². The second-order valence-corrected chi connectivity index (χ2v) is 9.96. The lowest BCUT2D eigenvalue weighted by Crippen LogP contribution is -2.50. The summed E-state index contributed by atoms with van der Waals surface area (Å²) in [7, 11) is 0. The van der Waals surface area contributed by atoms with Crippen LogP contribution in [0.3, 0.4) is 0 Å². The van der Waals surface area contributed by atoms with Crippen molar-refractivity contribution >= 4 is 17.3 Å². The van der Waals surface area contributed by atoms with Gasteiger partial charge in [-0.2, -0.15) is 0 Å². The second-order valence-electron chi connectivity index (χ2n) is 9.96. The zero-order valence-electron chi connectivity index (χ0n) is 19.3. The molecule has 4 aliphatic rings. The molecule has 3 unspecified atom stereocenters. The van der Waals surface area contributed by atoms with Gasteiger partial charge in [-0.1, -0.05) is 36.4 Å². The zero-order valence-corrected chi connectivity index (χ0v) is 19.3. The third-order valence-electron chi connectivity index (χ3n) is 7.81. The van der Waals surface area contributed by atoms with Gasteiger partial charge in [-0.3, -0.25) is 14.6 Å². The average Bonchev–Trinajstić information content (AvgIpc) is 3.44. The topological polar surface area (TPSA) is 81.8 Å². The highest BCUT2D eigenvalue weighted by Crippen LogP contribution is 2.50. The summed E-state index contributed by atoms with van der Waals surface area (Å²) in [5.74, 6) is 0.643. The average molecular weight is 451 g/mol. The van der Waals surface area contributed by atoms with Gasteiger partial charge in [0.15, 0.2) is 0 Å². The Morgan fingerprint density at radius 2 is 1.76 bits per heavy atom. The monoisotopic (exact) mass is 450 g/mol. The normalized spacial score (nSPS) is 26.3. The summed E-state index contributed by atoms with van der Waals surface area (Å²) in [6.45, 7) is 8.38. The molecule has 2 bridgehead atoms. The van der Waals surface area contributed by atoms with Crippen molar-refractivity contribution in [3.05, 3.63) is 59.2 Å². The van der Waals surface area contributed by atoms with Crippen molar-refractivity contribution in [3.63, 3.8) is 0 Å². The molecule has 0 saturated carbocycles. The Kier molecular flexibility index (Phi) is 5.91. The van der Waals surface area contributed by atoms with Gasteiger partial charge in [0.25, 0.3) is 0 Å². The van der Waals surface area contributed by atoms with Crippen LogP contribution < -0.4 is 9.80 Å². The number of fused-ring (bicyclic) bond motifs is 6. The number of carbonyl (C=O) groups excluding carboxylic acids is 1. The van der Waals surface area contributed by atoms with Crippen molar-refractivity contribution in [2.24, 2.45) is 0 Å². The third kappa shape index (κ3) is 3.93. The summed E-state index contributed by atoms with van der Waals surface area (Å²) in [4.78, 5) is 22.3. The van der Waals surface area contributed by atoms with Crippen LogP contribution in [0.25, 0.3) is 0 Å². The molecule has 1 amide bonds. The predicted molar refractivity (Wildman–Crippen MR) is 130 cm³/mol. The lowest BCUT2D eigenvalue weighted by atomic mass is 9.94. The van der Waals surface area contributed by atoms with E-state index in [1.807, 2.05) is 4.90 Å². The zero-order chi connectivity index (χ0) is 21.8. The van der Waals surface area contributed by atoms with E-state index >= 15 is 0 Å². The Labute approximate surface area is 195 Å². The van der Waals surface area contributed by atoms with E-state index < -0.39 is 0 Å². The molecule has 3 atom stereocenters. The first kappa shape index (κ1) is 22.3. The molecular weight excluding hydrogens is 416 g/mol. The highest BCUT2D eigenvalue weighted by molar-refractivity contribution is 5.98. The molecular formula is C26H34N4O3. The number of hydrogen-bond donors (Lipinski definition) is 1. The van der Waals surface area contributed by atoms with Gasteiger partial charge in [-0.05, 0) is 36.1 Å². The number of aliphatic hydroxyl groups is 1. The van der Waals surface area contributed by atoms with Crippen molar-refractivity contribution in [3.8, 4) is 0 Å². The number of rotatable bonds is 4. The lowest BCUT2D eigenvalue weighted by Gasteiger charge is -2.35. The summed E-state index contributed by atoms with van der Waals surface area (Å²) in [6.07, 6.45) is 1.38. The molecule has 4 aliphatic heterocycles. The van der Waals surface area contributed by atoms with Crippen LogP contribution in [0, 0.1) is 0 Å². The van der Waals surface area contributed by atoms with Crippen LogP contribution in [0.5, 0.6) is 0 Å². The SMILES string of the molecule is CC1Cc2cc3c(cc2N1C(=O)CN1CCN(Cc2ccccc2)CC1)N1CC3CC1O.O. The number of anilines is 2. The molecule has 2 saturated heterocycles. The van der Waals surface area contributed by atoms with E-state index in [1.54, 1.807) is 0 Å². The summed E-state index contributed by atoms with van der Waals surface area (Å²) >= 11 is 0. The minimum atomic E-state index is -0.374. The van der Waals surface area contributed by atoms with Crippen LogP contribution in [-0.2, 0) is 17.8 Å². The van der Waals surface area contributed by atoms with Crippen molar-refractivity contribution in [2.45, 2.75) is 44.5 Å². The number of piperazine rings is 1. The van der Waals surface area contributed by atoms with E-state index in [0.29, 0.717) is 12.5 Å². The Bertz CT molecular complexity index is 1020. The van der Waals surface area contributed by atoms with Crippen molar-refractivity contribution in [1.29, 1.82) is 0 Å². The van der Waals surface area contributed by atoms with E-state index in [4.69, 9.17) is 0 Å². The van der Waals surface area contributed by atoms with E-state index in [-0.39, 0.29) is 23.7 Å². The maximum Gasteiger partial charge on any atom is 0.241 e. The number of aliphatic hydroxyl groups excluding tert-OH is 1. The number of benzene rings is 2. The van der Waals surface area contributed by atoms with Crippen LogP contribution in [-0.4, -0.2) is 77.8 Å². The molecule has 0 aromatic heterocycles. The Morgan fingerprint density at radius 1 is 1.03 bits per heavy atom. The fourth-order valence-corrected chi connectivity index (χ4v) is 6.15. The smallest absolute Gasteiger partial charge is 0.241 e. The standard InChI is InChI=1S/C26H32N4O2.H2O/c1-18-11-20-12-22-21-13-25(31)29(16-21)24(22)14-23(20)30(18)26(32)17-28-9-7-27(8-10-28)15-19-5-3-2-4-6-19;/h2-6,12,14,18,21,25,31H,7-11,13,15-17H2,1H3;1H2. The molecule has 0 aliphatic carbocycles. The molecule has 2 fully saturated rings. The van der Waals surface area contributed by atoms with Crippen LogP contribution >= 0.6 is 0 Å². The summed E-state index contributed by atoms with van der Waals surface area (Å²) in [5, 5.41) is 10.3. The van der Waals surface area contributed by atoms with Crippen LogP contribution in [0.2, 0.25) is 0 Å². The second kappa shape index (κ2) is 8.72. The Morgan fingerprint density at radius 3 is 2.52 bits per heavy atom. The molecule has 7 heteroatoms. The van der Waals surface area contributed by atoms with Gasteiger partial charge < -0.3 is 20.4 Å². The van der Waals surface area contributed by atoms with E-state index in [2.05, 4.69) is 64.1 Å². The quantitative estimate of drug-likeness (QED) is 0.765.